The van der Waals surface area contributed by atoms with Crippen molar-refractivity contribution in [2.45, 2.75) is 474 Å². The largest absolute Gasteiger partial charge is 0.477 e. The number of carbonyl (C=O) groups excluding carboxylic acids is 4. The van der Waals surface area contributed by atoms with E-state index in [0.717, 1.165) is 78.6 Å². The van der Waals surface area contributed by atoms with Gasteiger partial charge in [0, 0.05) is 33.6 Å². The van der Waals surface area contributed by atoms with Gasteiger partial charge in [0.05, 0.1) is 70.5 Å². The van der Waals surface area contributed by atoms with Gasteiger partial charge in [-0.05, 0) is 19.3 Å². The number of carboxylic acid groups (broad SMARTS) is 1. The van der Waals surface area contributed by atoms with E-state index in [-0.39, 0.29) is 12.3 Å². The van der Waals surface area contributed by atoms with Gasteiger partial charge in [0.1, 0.15) is 140 Å². The predicted octanol–water partition coefficient (Wildman–Crippen LogP) is 0.0464. The highest BCUT2D eigenvalue weighted by Gasteiger charge is 2.60. The minimum atomic E-state index is -3.03. The zero-order valence-corrected chi connectivity index (χ0v) is 76.2. The van der Waals surface area contributed by atoms with Crippen molar-refractivity contribution in [1.29, 1.82) is 0 Å². The van der Waals surface area contributed by atoms with Crippen LogP contribution in [0.1, 0.15) is 272 Å². The Morgan fingerprint density at radius 2 is 0.814 bits per heavy atom. The van der Waals surface area contributed by atoms with E-state index in [1.807, 2.05) is 6.08 Å². The first kappa shape index (κ1) is 114. The summed E-state index contributed by atoms with van der Waals surface area (Å²) in [5, 5.41) is 223. The highest BCUT2D eigenvalue weighted by atomic mass is 16.8. The van der Waals surface area contributed by atoms with E-state index < -0.39 is 278 Å². The molecule has 6 aliphatic heterocycles. The van der Waals surface area contributed by atoms with Crippen molar-refractivity contribution < 1.29 is 178 Å². The molecular weight excluding hydrogens is 1700 g/mol. The summed E-state index contributed by atoms with van der Waals surface area (Å²) in [5.41, 5.74) is 0. The molecule has 40 heteroatoms. The predicted molar refractivity (Wildman–Crippen MR) is 460 cm³/mol. The number of hydrogen-bond donors (Lipinski definition) is 23. The van der Waals surface area contributed by atoms with E-state index in [1.54, 1.807) is 6.08 Å². The first-order valence-corrected chi connectivity index (χ1v) is 47.6. The standard InChI is InChI=1S/C89H160N4O36/c1-6-8-10-12-14-16-18-20-21-22-23-24-25-26-27-28-29-31-33-35-37-39-41-43-64(104)93-55(56(101)42-40-38-36-34-32-30-19-17-15-13-11-9-7-2)49-118-85-77(114)75(112)80(61(48-97)123-85)127-87-78(115)82(71(108)62(124-87)50-119-83-66(91-53(4)99)72(109)69(106)59(46-95)121-83)128-84-67(92-54(5)100)73(110)79(60(47-96)122-84)126-86-76(113)74(111)70(107)63(125-86)51-120-89(88(116)117)44-57(102)65(90-52(3)98)81(129-89)68(105)58(103)45-94/h40,42,55-63,65-87,94-97,101-103,105-115H,6-39,41,43-51H2,1-5H3,(H,90,98)(H,91,99)(H,92,100)(H,93,104)(H,116,117)/b42-40+/t55-,56+,57?,58+,59?,60?,61?,62?,63?,65+,66?,67?,68+,69+,70-,71-,72+,73+,74-,75+,76?,77?,78?,79+,80+,81?,82-,83+,84-,85+,86-,87-,89+/m0/s1. The van der Waals surface area contributed by atoms with Crippen molar-refractivity contribution in [2.24, 2.45) is 0 Å². The van der Waals surface area contributed by atoms with E-state index in [1.165, 1.54) is 154 Å². The van der Waals surface area contributed by atoms with Crippen LogP contribution in [0.2, 0.25) is 0 Å². The molecule has 0 aromatic carbocycles. The van der Waals surface area contributed by atoms with Crippen LogP contribution in [0.3, 0.4) is 0 Å². The minimum absolute atomic E-state index is 0.134. The smallest absolute Gasteiger partial charge is 0.364 e. The number of rotatable bonds is 64. The molecule has 0 aromatic heterocycles. The second-order valence-electron chi connectivity index (χ2n) is 35.7. The summed E-state index contributed by atoms with van der Waals surface area (Å²) in [4.78, 5) is 64.5. The molecule has 129 heavy (non-hydrogen) atoms. The lowest BCUT2D eigenvalue weighted by Crippen LogP contribution is -2.70. The first-order valence-electron chi connectivity index (χ1n) is 47.6. The lowest BCUT2D eigenvalue weighted by Gasteiger charge is -2.50. The minimum Gasteiger partial charge on any atom is -0.477 e. The van der Waals surface area contributed by atoms with Crippen molar-refractivity contribution in [3.05, 3.63) is 12.2 Å². The van der Waals surface area contributed by atoms with Gasteiger partial charge in [-0.2, -0.15) is 0 Å². The molecule has 0 aliphatic carbocycles. The molecule has 6 saturated heterocycles. The number of carboxylic acids is 1. The average Bonchev–Trinajstić information content (AvgIpc) is 0.765. The van der Waals surface area contributed by atoms with E-state index in [9.17, 15) is 121 Å². The zero-order chi connectivity index (χ0) is 94.7. The molecule has 6 rings (SSSR count). The van der Waals surface area contributed by atoms with Crippen LogP contribution in [0.25, 0.3) is 0 Å². The van der Waals surface area contributed by atoms with Crippen LogP contribution in [0.15, 0.2) is 12.2 Å². The van der Waals surface area contributed by atoms with E-state index in [2.05, 4.69) is 35.1 Å². The Hall–Kier alpha value is -4.11. The summed E-state index contributed by atoms with van der Waals surface area (Å²) in [5.74, 6) is -7.90. The van der Waals surface area contributed by atoms with E-state index >= 15 is 0 Å². The third-order valence-corrected chi connectivity index (χ3v) is 25.1. The van der Waals surface area contributed by atoms with Crippen LogP contribution in [0.4, 0.5) is 0 Å². The number of carbonyl (C=O) groups is 5. The maximum absolute atomic E-state index is 13.7. The fraction of sp³-hybridized carbons (Fsp3) is 0.921. The van der Waals surface area contributed by atoms with Gasteiger partial charge in [-0.1, -0.05) is 231 Å². The van der Waals surface area contributed by atoms with E-state index in [4.69, 9.17) is 56.8 Å². The van der Waals surface area contributed by atoms with Crippen LogP contribution >= 0.6 is 0 Å². The molecule has 752 valence electrons. The Morgan fingerprint density at radius 3 is 1.29 bits per heavy atom. The summed E-state index contributed by atoms with van der Waals surface area (Å²) >= 11 is 0. The molecule has 0 radical (unpaired) electrons. The van der Waals surface area contributed by atoms with Crippen LogP contribution in [-0.2, 0) is 80.8 Å². The third kappa shape index (κ3) is 36.7. The Labute approximate surface area is 758 Å². The lowest BCUT2D eigenvalue weighted by molar-refractivity contribution is -0.385. The summed E-state index contributed by atoms with van der Waals surface area (Å²) in [7, 11) is 0. The van der Waals surface area contributed by atoms with Crippen molar-refractivity contribution in [1.82, 2.24) is 21.3 Å². The second kappa shape index (κ2) is 61.2. The molecular formula is C89H160N4O36. The lowest BCUT2D eigenvalue weighted by atomic mass is 9.88. The quantitative estimate of drug-likeness (QED) is 0.0282. The summed E-state index contributed by atoms with van der Waals surface area (Å²) in [6.07, 6.45) is -12.6. The van der Waals surface area contributed by atoms with Gasteiger partial charge in [-0.15, -0.1) is 0 Å². The number of amides is 4. The first-order chi connectivity index (χ1) is 61.8. The number of allylic oxidation sites excluding steroid dienone is 1. The molecule has 33 atom stereocenters. The van der Waals surface area contributed by atoms with Crippen LogP contribution in [0.5, 0.6) is 0 Å². The number of unbranched alkanes of at least 4 members (excludes halogenated alkanes) is 33. The number of aliphatic carboxylic acids is 1. The monoisotopic (exact) mass is 1860 g/mol. The molecule has 6 fully saturated rings. The zero-order valence-electron chi connectivity index (χ0n) is 76.2. The van der Waals surface area contributed by atoms with Gasteiger partial charge < -0.3 is 175 Å². The SMILES string of the molecule is CCCCCCCCCCCCC/C=C/[C@@H](O)[C@H](CO[C@@H]1OC(CO)[C@@H](O[C@@H]2OC(CO[C@@H]3OC(CO)[C@@H](O)[C@H](O)C3NC(C)=O)[C@H](O)[C@H](O[C@@H]3OC(CO)[C@@H](O[C@@H]4OC(CO[C@]5(C(=O)O)CC(O)[C@@H](NC(C)=O)C([C@H](O)[C@H](O)CO)O5)[C@H](O)[C@H](O)C4O)[C@H](O)C3NC(C)=O)C2O)[C@H](O)C1O)NC(=O)CCCCCCCCCCCCCCCCCCCCCCCCC. The highest BCUT2D eigenvalue weighted by molar-refractivity contribution is 5.77. The molecule has 0 spiro atoms. The van der Waals surface area contributed by atoms with Crippen LogP contribution in [0, 0.1) is 0 Å². The van der Waals surface area contributed by atoms with Crippen LogP contribution in [-0.4, -0.2) is 375 Å². The topological polar surface area (TPSA) is 629 Å². The third-order valence-electron chi connectivity index (χ3n) is 25.1. The summed E-state index contributed by atoms with van der Waals surface area (Å²) in [6.45, 7) is 0.672. The molecule has 12 unspecified atom stereocenters. The average molecular weight is 1860 g/mol. The number of aliphatic hydroxyl groups is 18. The maximum atomic E-state index is 13.7. The Balaban J connectivity index is 1.15. The van der Waals surface area contributed by atoms with Gasteiger partial charge in [-0.25, -0.2) is 4.79 Å². The van der Waals surface area contributed by atoms with Gasteiger partial charge >= 0.3 is 5.97 Å². The fourth-order valence-corrected chi connectivity index (χ4v) is 17.4. The number of hydrogen-bond acceptors (Lipinski definition) is 35. The van der Waals surface area contributed by atoms with Gasteiger partial charge in [-0.3, -0.25) is 19.2 Å². The van der Waals surface area contributed by atoms with E-state index in [0.29, 0.717) is 12.8 Å². The van der Waals surface area contributed by atoms with Gasteiger partial charge in [0.25, 0.3) is 5.79 Å². The number of ether oxygens (including phenoxy) is 12. The van der Waals surface area contributed by atoms with Crippen molar-refractivity contribution in [3.8, 4) is 0 Å². The Kier molecular flexibility index (Phi) is 53.9. The molecule has 6 heterocycles. The maximum Gasteiger partial charge on any atom is 0.364 e. The molecule has 40 nitrogen and oxygen atoms in total. The summed E-state index contributed by atoms with van der Waals surface area (Å²) in [6, 6.07) is -6.31. The normalized spacial score (nSPS) is 34.3. The molecule has 0 bridgehead atoms. The summed E-state index contributed by atoms with van der Waals surface area (Å²) < 4.78 is 71.6. The van der Waals surface area contributed by atoms with Crippen molar-refractivity contribution >= 4 is 29.6 Å². The molecule has 4 amide bonds. The Morgan fingerprint density at radius 1 is 0.411 bits per heavy atom. The van der Waals surface area contributed by atoms with Gasteiger partial charge in [0.2, 0.25) is 23.6 Å². The van der Waals surface area contributed by atoms with Gasteiger partial charge in [0.15, 0.2) is 31.5 Å². The fourth-order valence-electron chi connectivity index (χ4n) is 17.4. The Bertz CT molecular complexity index is 3110. The molecule has 0 aromatic rings. The second-order valence-corrected chi connectivity index (χ2v) is 35.7. The molecule has 23 N–H and O–H groups in total. The molecule has 0 saturated carbocycles. The molecule has 6 aliphatic rings. The number of aliphatic hydroxyl groups excluding tert-OH is 18. The highest BCUT2D eigenvalue weighted by Crippen LogP contribution is 2.39. The van der Waals surface area contributed by atoms with Crippen LogP contribution < -0.4 is 21.3 Å². The van der Waals surface area contributed by atoms with Crippen molar-refractivity contribution in [3.63, 3.8) is 0 Å². The number of nitrogens with one attached hydrogen (secondary N) is 4. The van der Waals surface area contributed by atoms with Crippen molar-refractivity contribution in [2.75, 3.05) is 46.2 Å².